The van der Waals surface area contributed by atoms with Crippen molar-refractivity contribution in [1.82, 2.24) is 5.16 Å². The summed E-state index contributed by atoms with van der Waals surface area (Å²) >= 11 is 0. The monoisotopic (exact) mass is 185 g/mol. The quantitative estimate of drug-likeness (QED) is 0.649. The Hall–Kier alpha value is -2.05. The SMILES string of the molecule is NC(=O)OCc1cc(C(N)=O)no1. The van der Waals surface area contributed by atoms with Crippen LogP contribution in [0, 0.1) is 0 Å². The summed E-state index contributed by atoms with van der Waals surface area (Å²) in [5, 5.41) is 3.31. The molecule has 1 aromatic rings. The summed E-state index contributed by atoms with van der Waals surface area (Å²) in [6.07, 6.45) is -0.933. The molecular weight excluding hydrogens is 178 g/mol. The fraction of sp³-hybridized carbons (Fsp3) is 0.167. The molecule has 13 heavy (non-hydrogen) atoms. The first-order valence-electron chi connectivity index (χ1n) is 3.27. The first-order chi connectivity index (χ1) is 6.09. The largest absolute Gasteiger partial charge is 0.441 e. The van der Waals surface area contributed by atoms with Crippen LogP contribution in [0.3, 0.4) is 0 Å². The summed E-state index contributed by atoms with van der Waals surface area (Å²) in [5.74, 6) is -0.512. The molecule has 0 aliphatic heterocycles. The predicted molar refractivity (Wildman–Crippen MR) is 39.4 cm³/mol. The lowest BCUT2D eigenvalue weighted by atomic mass is 10.3. The zero-order chi connectivity index (χ0) is 9.84. The van der Waals surface area contributed by atoms with Gasteiger partial charge in [-0.1, -0.05) is 5.16 Å². The molecule has 0 bridgehead atoms. The Morgan fingerprint density at radius 2 is 2.23 bits per heavy atom. The van der Waals surface area contributed by atoms with E-state index in [1.165, 1.54) is 6.07 Å². The van der Waals surface area contributed by atoms with Crippen LogP contribution in [0.25, 0.3) is 0 Å². The molecule has 4 N–H and O–H groups in total. The van der Waals surface area contributed by atoms with Gasteiger partial charge in [0.15, 0.2) is 18.1 Å². The molecule has 0 saturated heterocycles. The minimum atomic E-state index is -0.933. The second-order valence-electron chi connectivity index (χ2n) is 2.15. The molecule has 70 valence electrons. The van der Waals surface area contributed by atoms with Gasteiger partial charge in [-0.05, 0) is 0 Å². The van der Waals surface area contributed by atoms with E-state index in [0.717, 1.165) is 0 Å². The molecule has 0 aliphatic carbocycles. The Morgan fingerprint density at radius 3 is 2.69 bits per heavy atom. The van der Waals surface area contributed by atoms with Crippen LogP contribution in [-0.2, 0) is 11.3 Å². The second-order valence-corrected chi connectivity index (χ2v) is 2.15. The predicted octanol–water partition coefficient (Wildman–Crippen LogP) is -0.631. The smallest absolute Gasteiger partial charge is 0.404 e. The molecule has 0 saturated carbocycles. The third-order valence-corrected chi connectivity index (χ3v) is 1.17. The number of hydrogen-bond acceptors (Lipinski definition) is 5. The van der Waals surface area contributed by atoms with Gasteiger partial charge in [0.1, 0.15) is 0 Å². The van der Waals surface area contributed by atoms with Crippen molar-refractivity contribution < 1.29 is 18.8 Å². The van der Waals surface area contributed by atoms with E-state index in [1.54, 1.807) is 0 Å². The zero-order valence-corrected chi connectivity index (χ0v) is 6.52. The summed E-state index contributed by atoms with van der Waals surface area (Å²) in [7, 11) is 0. The van der Waals surface area contributed by atoms with Crippen molar-refractivity contribution in [3.05, 3.63) is 17.5 Å². The second kappa shape index (κ2) is 3.57. The van der Waals surface area contributed by atoms with Gasteiger partial charge in [-0.3, -0.25) is 4.79 Å². The Bertz CT molecular complexity index is 332. The number of hydrogen-bond donors (Lipinski definition) is 2. The van der Waals surface area contributed by atoms with Crippen LogP contribution in [0.2, 0.25) is 0 Å². The van der Waals surface area contributed by atoms with Crippen LogP contribution in [0.5, 0.6) is 0 Å². The van der Waals surface area contributed by atoms with Crippen LogP contribution in [0.4, 0.5) is 4.79 Å². The third kappa shape index (κ3) is 2.47. The van der Waals surface area contributed by atoms with Gasteiger partial charge in [0.05, 0.1) is 0 Å². The molecular formula is C6H7N3O4. The molecule has 7 nitrogen and oxygen atoms in total. The number of carbonyl (C=O) groups excluding carboxylic acids is 2. The van der Waals surface area contributed by atoms with Gasteiger partial charge >= 0.3 is 6.09 Å². The van der Waals surface area contributed by atoms with Crippen LogP contribution >= 0.6 is 0 Å². The average molecular weight is 185 g/mol. The Labute approximate surface area is 72.6 Å². The Kier molecular flexibility index (Phi) is 2.48. The molecule has 0 atom stereocenters. The van der Waals surface area contributed by atoms with E-state index in [1.807, 2.05) is 0 Å². The van der Waals surface area contributed by atoms with Gasteiger partial charge in [-0.25, -0.2) is 4.79 Å². The molecule has 2 amide bonds. The number of carbonyl (C=O) groups is 2. The molecule has 0 aliphatic rings. The maximum atomic E-state index is 10.5. The fourth-order valence-electron chi connectivity index (χ4n) is 0.639. The van der Waals surface area contributed by atoms with Gasteiger partial charge in [-0.2, -0.15) is 0 Å². The van der Waals surface area contributed by atoms with Crippen molar-refractivity contribution in [2.75, 3.05) is 0 Å². The molecule has 0 aromatic carbocycles. The number of primary amides is 2. The van der Waals surface area contributed by atoms with Crippen LogP contribution in [0.15, 0.2) is 10.6 Å². The zero-order valence-electron chi connectivity index (χ0n) is 6.52. The minimum Gasteiger partial charge on any atom is -0.441 e. The van der Waals surface area contributed by atoms with Gasteiger partial charge in [0, 0.05) is 6.07 Å². The van der Waals surface area contributed by atoms with E-state index in [9.17, 15) is 9.59 Å². The maximum Gasteiger partial charge on any atom is 0.404 e. The summed E-state index contributed by atoms with van der Waals surface area (Å²) in [6.45, 7) is -0.171. The molecule has 0 spiro atoms. The van der Waals surface area contributed by atoms with Gasteiger partial charge < -0.3 is 20.7 Å². The van der Waals surface area contributed by atoms with Crippen molar-refractivity contribution in [1.29, 1.82) is 0 Å². The average Bonchev–Trinajstić information content (AvgIpc) is 2.48. The van der Waals surface area contributed by atoms with Crippen molar-refractivity contribution in [3.8, 4) is 0 Å². The Morgan fingerprint density at radius 1 is 1.54 bits per heavy atom. The van der Waals surface area contributed by atoms with Crippen molar-refractivity contribution >= 4 is 12.0 Å². The van der Waals surface area contributed by atoms with Crippen LogP contribution in [-0.4, -0.2) is 17.2 Å². The summed E-state index contributed by atoms with van der Waals surface area (Å²) in [4.78, 5) is 20.7. The lowest BCUT2D eigenvalue weighted by Gasteiger charge is -1.94. The number of rotatable bonds is 3. The molecule has 0 unspecified atom stereocenters. The molecule has 0 fully saturated rings. The number of nitrogens with two attached hydrogens (primary N) is 2. The fourth-order valence-corrected chi connectivity index (χ4v) is 0.639. The first-order valence-corrected chi connectivity index (χ1v) is 3.27. The number of ether oxygens (including phenoxy) is 1. The third-order valence-electron chi connectivity index (χ3n) is 1.17. The van der Waals surface area contributed by atoms with E-state index in [0.29, 0.717) is 0 Å². The van der Waals surface area contributed by atoms with E-state index >= 15 is 0 Å². The van der Waals surface area contributed by atoms with Crippen LogP contribution in [0.1, 0.15) is 16.2 Å². The van der Waals surface area contributed by atoms with E-state index in [-0.39, 0.29) is 18.1 Å². The van der Waals surface area contributed by atoms with Crippen molar-refractivity contribution in [2.24, 2.45) is 11.5 Å². The topological polar surface area (TPSA) is 121 Å². The summed E-state index contributed by atoms with van der Waals surface area (Å²) < 4.78 is 8.97. The number of aromatic nitrogens is 1. The van der Waals surface area contributed by atoms with Crippen molar-refractivity contribution in [3.63, 3.8) is 0 Å². The maximum absolute atomic E-state index is 10.5. The highest BCUT2D eigenvalue weighted by atomic mass is 16.6. The molecule has 7 heteroatoms. The Balaban J connectivity index is 2.59. The van der Waals surface area contributed by atoms with Crippen molar-refractivity contribution in [2.45, 2.75) is 6.61 Å². The summed E-state index contributed by atoms with van der Waals surface area (Å²) in [6, 6.07) is 1.27. The molecule has 1 rings (SSSR count). The first kappa shape index (κ1) is 9.04. The lowest BCUT2D eigenvalue weighted by molar-refractivity contribution is 0.0990. The highest BCUT2D eigenvalue weighted by Crippen LogP contribution is 2.03. The molecule has 1 heterocycles. The van der Waals surface area contributed by atoms with Gasteiger partial charge in [0.25, 0.3) is 5.91 Å². The van der Waals surface area contributed by atoms with Gasteiger partial charge in [0.2, 0.25) is 0 Å². The van der Waals surface area contributed by atoms with E-state index in [2.05, 4.69) is 14.4 Å². The van der Waals surface area contributed by atoms with Crippen LogP contribution < -0.4 is 11.5 Å². The lowest BCUT2D eigenvalue weighted by Crippen LogP contribution is -2.12. The van der Waals surface area contributed by atoms with E-state index < -0.39 is 12.0 Å². The summed E-state index contributed by atoms with van der Waals surface area (Å²) in [5.41, 5.74) is 9.56. The van der Waals surface area contributed by atoms with E-state index in [4.69, 9.17) is 11.5 Å². The van der Waals surface area contributed by atoms with Gasteiger partial charge in [-0.15, -0.1) is 0 Å². The highest BCUT2D eigenvalue weighted by Gasteiger charge is 2.09. The number of amides is 2. The molecule has 0 radical (unpaired) electrons. The molecule has 1 aromatic heterocycles. The normalized spacial score (nSPS) is 9.54. The standard InChI is InChI=1S/C6H7N3O4/c7-5(10)4-1-3(13-9-4)2-12-6(8)11/h1H,2H2,(H2,7,10)(H2,8,11). The highest BCUT2D eigenvalue weighted by molar-refractivity contribution is 5.90. The number of nitrogens with zero attached hydrogens (tertiary/aromatic N) is 1. The minimum absolute atomic E-state index is 0.0249.